The average molecular weight is 545 g/mol. The van der Waals surface area contributed by atoms with E-state index < -0.39 is 15.9 Å². The van der Waals surface area contributed by atoms with Crippen LogP contribution in [0.3, 0.4) is 0 Å². The molecule has 13 heteroatoms. The van der Waals surface area contributed by atoms with Crippen LogP contribution in [0.5, 0.6) is 0 Å². The number of hydrogen-bond donors (Lipinski definition) is 1. The summed E-state index contributed by atoms with van der Waals surface area (Å²) in [5, 5.41) is 8.66. The number of aromatic nitrogens is 5. The van der Waals surface area contributed by atoms with Gasteiger partial charge in [0.2, 0.25) is 10.0 Å². The summed E-state index contributed by atoms with van der Waals surface area (Å²) in [4.78, 5) is 13.1. The molecule has 0 bridgehead atoms. The molecule has 1 N–H and O–H groups in total. The molecule has 1 spiro atoms. The van der Waals surface area contributed by atoms with Gasteiger partial charge in [0.05, 0.1) is 30.0 Å². The van der Waals surface area contributed by atoms with E-state index in [4.69, 9.17) is 0 Å². The Bertz CT molecular complexity index is 1440. The fourth-order valence-electron chi connectivity index (χ4n) is 5.32. The highest BCUT2D eigenvalue weighted by Gasteiger charge is 2.44. The minimum absolute atomic E-state index is 0.188. The standard InChI is InChI=1S/C25H30F2N8O2S/c1-38(36,37)31-22-15-20(33-11-7-24(5-6-24)8-12-33)21(16-28-22)35-17-19(30-32-35)18-3-2-4-23(29-18)34-13-9-25(26,27)10-14-34/h2-4,15-17H,5-14H2,1H3,(H,28,31). The van der Waals surface area contributed by atoms with Crippen molar-refractivity contribution in [3.8, 4) is 17.1 Å². The number of sulfonamides is 1. The predicted octanol–water partition coefficient (Wildman–Crippen LogP) is 3.71. The molecule has 3 aromatic rings. The molecule has 3 aliphatic rings. The van der Waals surface area contributed by atoms with E-state index in [1.807, 2.05) is 23.1 Å². The first-order chi connectivity index (χ1) is 18.1. The lowest BCUT2D eigenvalue weighted by Gasteiger charge is -2.34. The van der Waals surface area contributed by atoms with E-state index in [9.17, 15) is 17.2 Å². The Morgan fingerprint density at radius 2 is 1.63 bits per heavy atom. The maximum Gasteiger partial charge on any atom is 0.251 e. The molecule has 2 saturated heterocycles. The molecule has 38 heavy (non-hydrogen) atoms. The lowest BCUT2D eigenvalue weighted by atomic mass is 9.93. The number of alkyl halides is 2. The monoisotopic (exact) mass is 544 g/mol. The van der Waals surface area contributed by atoms with Gasteiger partial charge in [0, 0.05) is 45.1 Å². The van der Waals surface area contributed by atoms with E-state index in [2.05, 4.69) is 29.9 Å². The highest BCUT2D eigenvalue weighted by molar-refractivity contribution is 7.92. The van der Waals surface area contributed by atoms with Crippen molar-refractivity contribution in [3.63, 3.8) is 0 Å². The molecular formula is C25H30F2N8O2S. The van der Waals surface area contributed by atoms with Gasteiger partial charge in [0.1, 0.15) is 23.0 Å². The zero-order valence-corrected chi connectivity index (χ0v) is 22.0. The number of rotatable bonds is 6. The molecule has 0 unspecified atom stereocenters. The molecule has 1 aliphatic carbocycles. The molecule has 0 atom stereocenters. The van der Waals surface area contributed by atoms with Gasteiger partial charge >= 0.3 is 0 Å². The van der Waals surface area contributed by atoms with Crippen LogP contribution in [0.15, 0.2) is 36.7 Å². The van der Waals surface area contributed by atoms with E-state index in [1.165, 1.54) is 12.8 Å². The van der Waals surface area contributed by atoms with E-state index in [0.717, 1.165) is 37.9 Å². The third-order valence-electron chi connectivity index (χ3n) is 7.83. The van der Waals surface area contributed by atoms with Gasteiger partial charge in [-0.2, -0.15) is 0 Å². The van der Waals surface area contributed by atoms with Gasteiger partial charge in [-0.05, 0) is 43.2 Å². The van der Waals surface area contributed by atoms with Crippen molar-refractivity contribution in [2.75, 3.05) is 47.0 Å². The second-order valence-electron chi connectivity index (χ2n) is 10.7. The Balaban J connectivity index is 1.28. The molecule has 0 aromatic carbocycles. The molecule has 5 heterocycles. The van der Waals surface area contributed by atoms with Gasteiger partial charge in [-0.1, -0.05) is 11.3 Å². The van der Waals surface area contributed by atoms with Crippen LogP contribution in [0, 0.1) is 5.41 Å². The molecule has 0 amide bonds. The highest BCUT2D eigenvalue weighted by atomic mass is 32.2. The first-order valence-electron chi connectivity index (χ1n) is 12.8. The van der Waals surface area contributed by atoms with Gasteiger partial charge in [-0.15, -0.1) is 5.10 Å². The lowest BCUT2D eigenvalue weighted by Crippen LogP contribution is -2.39. The molecule has 10 nitrogen and oxygen atoms in total. The first-order valence-corrected chi connectivity index (χ1v) is 14.7. The van der Waals surface area contributed by atoms with Crippen molar-refractivity contribution in [3.05, 3.63) is 36.7 Å². The molecule has 3 aromatic heterocycles. The summed E-state index contributed by atoms with van der Waals surface area (Å²) in [5.74, 6) is -1.74. The smallest absolute Gasteiger partial charge is 0.251 e. The fourth-order valence-corrected chi connectivity index (χ4v) is 5.81. The second kappa shape index (κ2) is 9.14. The van der Waals surface area contributed by atoms with E-state index >= 15 is 0 Å². The lowest BCUT2D eigenvalue weighted by molar-refractivity contribution is -0.0221. The van der Waals surface area contributed by atoms with E-state index in [0.29, 0.717) is 28.3 Å². The summed E-state index contributed by atoms with van der Waals surface area (Å²) in [6.07, 6.45) is 8.84. The summed E-state index contributed by atoms with van der Waals surface area (Å²) >= 11 is 0. The first kappa shape index (κ1) is 25.0. The quantitative estimate of drug-likeness (QED) is 0.500. The third kappa shape index (κ3) is 5.29. The van der Waals surface area contributed by atoms with Crippen LogP contribution in [0.1, 0.15) is 38.5 Å². The predicted molar refractivity (Wildman–Crippen MR) is 140 cm³/mol. The zero-order valence-electron chi connectivity index (χ0n) is 21.1. The van der Waals surface area contributed by atoms with Crippen LogP contribution in [-0.2, 0) is 10.0 Å². The van der Waals surface area contributed by atoms with Gasteiger partial charge in [-0.3, -0.25) is 4.72 Å². The number of hydrogen-bond acceptors (Lipinski definition) is 8. The largest absolute Gasteiger partial charge is 0.370 e. The molecular weight excluding hydrogens is 514 g/mol. The van der Waals surface area contributed by atoms with Gasteiger partial charge < -0.3 is 9.80 Å². The average Bonchev–Trinajstić information content (AvgIpc) is 3.44. The number of piperidine rings is 2. The van der Waals surface area contributed by atoms with Gasteiger partial charge in [0.15, 0.2) is 0 Å². The normalized spacial score (nSPS) is 20.5. The van der Waals surface area contributed by atoms with Crippen molar-refractivity contribution in [2.45, 2.75) is 44.4 Å². The molecule has 1 saturated carbocycles. The van der Waals surface area contributed by atoms with Crippen LogP contribution < -0.4 is 14.5 Å². The fraction of sp³-hybridized carbons (Fsp3) is 0.520. The van der Waals surface area contributed by atoms with Crippen LogP contribution >= 0.6 is 0 Å². The minimum atomic E-state index is -3.48. The molecule has 0 radical (unpaired) electrons. The van der Waals surface area contributed by atoms with E-state index in [-0.39, 0.29) is 31.7 Å². The summed E-state index contributed by atoms with van der Waals surface area (Å²) in [5.41, 5.74) is 3.12. The maximum absolute atomic E-state index is 13.6. The molecule has 202 valence electrons. The Morgan fingerprint density at radius 3 is 2.32 bits per heavy atom. The van der Waals surface area contributed by atoms with Crippen LogP contribution in [0.4, 0.5) is 26.1 Å². The van der Waals surface area contributed by atoms with Crippen LogP contribution in [0.2, 0.25) is 0 Å². The molecule has 2 aliphatic heterocycles. The number of halogens is 2. The number of nitrogens with one attached hydrogen (secondary N) is 1. The van der Waals surface area contributed by atoms with Gasteiger partial charge in [0.25, 0.3) is 5.92 Å². The summed E-state index contributed by atoms with van der Waals surface area (Å²) in [6.45, 7) is 2.23. The minimum Gasteiger partial charge on any atom is -0.370 e. The number of nitrogens with zero attached hydrogens (tertiary/aromatic N) is 7. The van der Waals surface area contributed by atoms with Gasteiger partial charge in [-0.25, -0.2) is 31.8 Å². The van der Waals surface area contributed by atoms with Crippen LogP contribution in [0.25, 0.3) is 17.1 Å². The second-order valence-corrected chi connectivity index (χ2v) is 12.4. The SMILES string of the molecule is CS(=O)(=O)Nc1cc(N2CCC3(CC2)CC3)c(-n2cc(-c3cccc(N4CCC(F)(F)CC4)n3)nn2)cn1. The summed E-state index contributed by atoms with van der Waals surface area (Å²) in [7, 11) is -3.48. The number of anilines is 3. The van der Waals surface area contributed by atoms with Crippen LogP contribution in [-0.4, -0.2) is 71.7 Å². The maximum atomic E-state index is 13.6. The third-order valence-corrected chi connectivity index (χ3v) is 8.41. The topological polar surface area (TPSA) is 109 Å². The van der Waals surface area contributed by atoms with Crippen molar-refractivity contribution >= 4 is 27.3 Å². The van der Waals surface area contributed by atoms with E-state index in [1.54, 1.807) is 23.1 Å². The van der Waals surface area contributed by atoms with Crippen molar-refractivity contribution < 1.29 is 17.2 Å². The Hall–Kier alpha value is -3.35. The zero-order chi connectivity index (χ0) is 26.5. The van der Waals surface area contributed by atoms with Crippen molar-refractivity contribution in [1.82, 2.24) is 25.0 Å². The summed E-state index contributed by atoms with van der Waals surface area (Å²) < 4.78 is 55.0. The van der Waals surface area contributed by atoms with Crippen molar-refractivity contribution in [2.24, 2.45) is 5.41 Å². The Morgan fingerprint density at radius 1 is 0.921 bits per heavy atom. The number of pyridine rings is 2. The molecule has 3 fully saturated rings. The summed E-state index contributed by atoms with van der Waals surface area (Å²) in [6, 6.07) is 7.21. The highest BCUT2D eigenvalue weighted by Crippen LogP contribution is 2.54. The molecule has 6 rings (SSSR count). The Labute approximate surface area is 220 Å². The van der Waals surface area contributed by atoms with Crippen molar-refractivity contribution in [1.29, 1.82) is 0 Å². The Kier molecular flexibility index (Phi) is 6.00.